The lowest BCUT2D eigenvalue weighted by Crippen LogP contribution is -2.03. The van der Waals surface area contributed by atoms with Crippen LogP contribution in [-0.2, 0) is 11.8 Å². The Morgan fingerprint density at radius 2 is 2.29 bits per heavy atom. The smallest absolute Gasteiger partial charge is 0.313 e. The zero-order chi connectivity index (χ0) is 15.0. The Balaban J connectivity index is 2.17. The van der Waals surface area contributed by atoms with Gasteiger partial charge in [0.05, 0.1) is 5.75 Å². The molecule has 0 unspecified atom stereocenters. The number of aryl methyl sites for hydroxylation is 2. The summed E-state index contributed by atoms with van der Waals surface area (Å²) in [6.07, 6.45) is 3.58. The van der Waals surface area contributed by atoms with Crippen molar-refractivity contribution in [1.29, 1.82) is 0 Å². The van der Waals surface area contributed by atoms with Gasteiger partial charge in [-0.05, 0) is 18.6 Å². The minimum atomic E-state index is -0.885. The summed E-state index contributed by atoms with van der Waals surface area (Å²) in [5, 5.41) is 13.8. The molecular formula is C13H13N5O2S. The largest absolute Gasteiger partial charge is 0.481 e. The molecule has 0 aromatic carbocycles. The molecule has 0 aliphatic carbocycles. The lowest BCUT2D eigenvalue weighted by atomic mass is 10.3. The van der Waals surface area contributed by atoms with Crippen molar-refractivity contribution in [2.45, 2.75) is 12.1 Å². The molecule has 8 heteroatoms. The lowest BCUT2D eigenvalue weighted by Gasteiger charge is -2.03. The molecule has 0 bridgehead atoms. The van der Waals surface area contributed by atoms with Gasteiger partial charge in [0.2, 0.25) is 0 Å². The number of imidazole rings is 1. The van der Waals surface area contributed by atoms with Crippen LogP contribution in [0.2, 0.25) is 0 Å². The average Bonchev–Trinajstić information content (AvgIpc) is 2.98. The summed E-state index contributed by atoms with van der Waals surface area (Å²) in [7, 11) is 1.82. The number of hydrogen-bond acceptors (Lipinski definition) is 5. The number of aromatic nitrogens is 5. The normalized spacial score (nSPS) is 11.1. The van der Waals surface area contributed by atoms with Crippen molar-refractivity contribution in [3.8, 4) is 5.82 Å². The second-order valence-electron chi connectivity index (χ2n) is 4.62. The highest BCUT2D eigenvalue weighted by Gasteiger charge is 2.17. The van der Waals surface area contributed by atoms with Crippen molar-refractivity contribution in [2.24, 2.45) is 7.05 Å². The van der Waals surface area contributed by atoms with Gasteiger partial charge in [0, 0.05) is 25.5 Å². The van der Waals surface area contributed by atoms with Crippen LogP contribution in [0.5, 0.6) is 0 Å². The first-order valence-electron chi connectivity index (χ1n) is 6.24. The third-order valence-electron chi connectivity index (χ3n) is 2.86. The molecule has 0 saturated heterocycles. The van der Waals surface area contributed by atoms with E-state index in [2.05, 4.69) is 15.1 Å². The minimum Gasteiger partial charge on any atom is -0.481 e. The summed E-state index contributed by atoms with van der Waals surface area (Å²) in [5.41, 5.74) is 2.41. The van der Waals surface area contributed by atoms with Crippen LogP contribution in [0.15, 0.2) is 29.7 Å². The van der Waals surface area contributed by atoms with Crippen molar-refractivity contribution in [3.05, 3.63) is 30.1 Å². The maximum absolute atomic E-state index is 10.8. The van der Waals surface area contributed by atoms with Crippen LogP contribution in [0.1, 0.15) is 5.56 Å². The number of fused-ring (bicyclic) bond motifs is 1. The molecule has 0 spiro atoms. The molecule has 7 nitrogen and oxygen atoms in total. The van der Waals surface area contributed by atoms with Gasteiger partial charge in [0.1, 0.15) is 5.52 Å². The van der Waals surface area contributed by atoms with E-state index in [0.717, 1.165) is 22.8 Å². The Labute approximate surface area is 124 Å². The SMILES string of the molecule is Cc1cnc2c(c1)nc(SCC(=O)O)n2-c1ccn(C)n1. The molecule has 0 aliphatic rings. The highest BCUT2D eigenvalue weighted by molar-refractivity contribution is 7.99. The number of carboxylic acids is 1. The van der Waals surface area contributed by atoms with Crippen LogP contribution in [0.4, 0.5) is 0 Å². The maximum atomic E-state index is 10.8. The molecule has 108 valence electrons. The van der Waals surface area contributed by atoms with E-state index in [-0.39, 0.29) is 5.75 Å². The van der Waals surface area contributed by atoms with Crippen LogP contribution in [0, 0.1) is 6.92 Å². The van der Waals surface area contributed by atoms with E-state index in [4.69, 9.17) is 5.11 Å². The van der Waals surface area contributed by atoms with E-state index in [9.17, 15) is 4.79 Å². The van der Waals surface area contributed by atoms with E-state index in [1.807, 2.05) is 32.3 Å². The minimum absolute atomic E-state index is 0.0604. The molecule has 3 aromatic heterocycles. The Kier molecular flexibility index (Phi) is 3.38. The van der Waals surface area contributed by atoms with Gasteiger partial charge in [-0.2, -0.15) is 5.10 Å². The maximum Gasteiger partial charge on any atom is 0.313 e. The summed E-state index contributed by atoms with van der Waals surface area (Å²) >= 11 is 1.15. The Hall–Kier alpha value is -2.35. The zero-order valence-electron chi connectivity index (χ0n) is 11.5. The quantitative estimate of drug-likeness (QED) is 0.737. The van der Waals surface area contributed by atoms with Crippen molar-refractivity contribution in [3.63, 3.8) is 0 Å². The van der Waals surface area contributed by atoms with Crippen LogP contribution in [0.25, 0.3) is 17.0 Å². The van der Waals surface area contributed by atoms with Gasteiger partial charge in [0.25, 0.3) is 0 Å². The summed E-state index contributed by atoms with van der Waals surface area (Å²) in [6, 6.07) is 3.76. The lowest BCUT2D eigenvalue weighted by molar-refractivity contribution is -0.133. The van der Waals surface area contributed by atoms with Gasteiger partial charge < -0.3 is 5.11 Å². The molecule has 0 atom stereocenters. The first-order valence-corrected chi connectivity index (χ1v) is 7.23. The molecule has 0 fully saturated rings. The Bertz CT molecular complexity index is 823. The molecule has 0 aliphatic heterocycles. The number of aliphatic carboxylic acids is 1. The van der Waals surface area contributed by atoms with Crippen LogP contribution < -0.4 is 0 Å². The van der Waals surface area contributed by atoms with Crippen LogP contribution in [0.3, 0.4) is 0 Å². The van der Waals surface area contributed by atoms with Gasteiger partial charge >= 0.3 is 5.97 Å². The summed E-state index contributed by atoms with van der Waals surface area (Å²) in [6.45, 7) is 1.94. The van der Waals surface area contributed by atoms with Gasteiger partial charge in [-0.3, -0.25) is 14.0 Å². The number of nitrogens with zero attached hydrogens (tertiary/aromatic N) is 5. The molecule has 1 N–H and O–H groups in total. The third kappa shape index (κ3) is 2.62. The monoisotopic (exact) mass is 303 g/mol. The van der Waals surface area contributed by atoms with Gasteiger partial charge in [0.15, 0.2) is 16.6 Å². The van der Waals surface area contributed by atoms with Crippen LogP contribution >= 0.6 is 11.8 Å². The highest BCUT2D eigenvalue weighted by atomic mass is 32.2. The predicted molar refractivity (Wildman–Crippen MR) is 78.7 cm³/mol. The molecular weight excluding hydrogens is 290 g/mol. The summed E-state index contributed by atoms with van der Waals surface area (Å²) < 4.78 is 3.46. The fourth-order valence-electron chi connectivity index (χ4n) is 2.00. The number of thioether (sulfide) groups is 1. The second kappa shape index (κ2) is 5.21. The first kappa shape index (κ1) is 13.6. The van der Waals surface area contributed by atoms with Crippen molar-refractivity contribution < 1.29 is 9.90 Å². The second-order valence-corrected chi connectivity index (χ2v) is 5.56. The number of rotatable bonds is 4. The van der Waals surface area contributed by atoms with Crippen LogP contribution in [-0.4, -0.2) is 41.1 Å². The third-order valence-corrected chi connectivity index (χ3v) is 3.78. The van der Waals surface area contributed by atoms with Gasteiger partial charge in [-0.25, -0.2) is 9.97 Å². The topological polar surface area (TPSA) is 85.8 Å². The molecule has 21 heavy (non-hydrogen) atoms. The van der Waals surface area contributed by atoms with E-state index < -0.39 is 5.97 Å². The predicted octanol–water partition coefficient (Wildman–Crippen LogP) is 1.64. The van der Waals surface area contributed by atoms with E-state index >= 15 is 0 Å². The molecule has 3 heterocycles. The molecule has 3 rings (SSSR count). The molecule has 0 radical (unpaired) electrons. The first-order chi connectivity index (χ1) is 10.0. The van der Waals surface area contributed by atoms with Crippen molar-refractivity contribution >= 4 is 28.9 Å². The molecule has 0 saturated carbocycles. The van der Waals surface area contributed by atoms with Crippen molar-refractivity contribution in [2.75, 3.05) is 5.75 Å². The highest BCUT2D eigenvalue weighted by Crippen LogP contribution is 2.26. The number of hydrogen-bond donors (Lipinski definition) is 1. The average molecular weight is 303 g/mol. The standard InChI is InChI=1S/C13H13N5O2S/c1-8-5-9-12(14-6-8)18(10-3-4-17(2)16-10)13(15-9)21-7-11(19)20/h3-6H,7H2,1-2H3,(H,19,20). The van der Waals surface area contributed by atoms with E-state index in [1.54, 1.807) is 15.4 Å². The zero-order valence-corrected chi connectivity index (χ0v) is 12.3. The van der Waals surface area contributed by atoms with E-state index in [1.165, 1.54) is 0 Å². The number of pyridine rings is 1. The number of carboxylic acid groups (broad SMARTS) is 1. The van der Waals surface area contributed by atoms with E-state index in [0.29, 0.717) is 16.6 Å². The Morgan fingerprint density at radius 1 is 1.48 bits per heavy atom. The van der Waals surface area contributed by atoms with Gasteiger partial charge in [-0.1, -0.05) is 11.8 Å². The number of carbonyl (C=O) groups is 1. The Morgan fingerprint density at radius 3 is 2.95 bits per heavy atom. The fraction of sp³-hybridized carbons (Fsp3) is 0.231. The summed E-state index contributed by atoms with van der Waals surface area (Å²) in [5.74, 6) is -0.275. The van der Waals surface area contributed by atoms with Crippen molar-refractivity contribution in [1.82, 2.24) is 24.3 Å². The van der Waals surface area contributed by atoms with Gasteiger partial charge in [-0.15, -0.1) is 0 Å². The summed E-state index contributed by atoms with van der Waals surface area (Å²) in [4.78, 5) is 19.7. The molecule has 0 amide bonds. The molecule has 3 aromatic rings. The fourth-order valence-corrected chi connectivity index (χ4v) is 2.72.